The van der Waals surface area contributed by atoms with Gasteiger partial charge in [0.1, 0.15) is 0 Å². The number of rotatable bonds is 8. The van der Waals surface area contributed by atoms with Gasteiger partial charge < -0.3 is 0 Å². The summed E-state index contributed by atoms with van der Waals surface area (Å²) in [5, 5.41) is 11.1. The van der Waals surface area contributed by atoms with E-state index in [1.807, 2.05) is 41.5 Å². The van der Waals surface area contributed by atoms with E-state index in [1.54, 1.807) is 5.48 Å². The molecule has 1 amide bonds. The van der Waals surface area contributed by atoms with Crippen LogP contribution >= 0.6 is 0 Å². The van der Waals surface area contributed by atoms with Crippen molar-refractivity contribution in [3.63, 3.8) is 0 Å². The van der Waals surface area contributed by atoms with Gasteiger partial charge >= 0.3 is 0 Å². The average molecular weight is 390 g/mol. The number of fused-ring (bicyclic) bond motifs is 1. The summed E-state index contributed by atoms with van der Waals surface area (Å²) < 4.78 is 0. The predicted octanol–water partition coefficient (Wildman–Crippen LogP) is 5.98. The Morgan fingerprint density at radius 3 is 2.00 bits per heavy atom. The number of hydroxylamine groups is 1. The first-order valence-corrected chi connectivity index (χ1v) is 11.1. The van der Waals surface area contributed by atoms with Crippen molar-refractivity contribution in [1.82, 2.24) is 5.48 Å². The summed E-state index contributed by atoms with van der Waals surface area (Å²) in [7, 11) is 0. The Kier molecular flexibility index (Phi) is 20.1. The molecular weight excluding hydrogens is 346 g/mol. The lowest BCUT2D eigenvalue weighted by molar-refractivity contribution is -0.129. The van der Waals surface area contributed by atoms with Crippen LogP contribution in [0.1, 0.15) is 98.5 Å². The summed E-state index contributed by atoms with van der Waals surface area (Å²) >= 11 is 0. The highest BCUT2D eigenvalue weighted by Crippen LogP contribution is 2.18. The second kappa shape index (κ2) is 19.9. The highest BCUT2D eigenvalue weighted by atomic mass is 16.5. The number of benzene rings is 1. The lowest BCUT2D eigenvalue weighted by Crippen LogP contribution is -2.26. The summed E-state index contributed by atoms with van der Waals surface area (Å²) in [5.41, 5.74) is 4.09. The van der Waals surface area contributed by atoms with E-state index in [9.17, 15) is 4.79 Å². The lowest BCUT2D eigenvalue weighted by atomic mass is 9.98. The Morgan fingerprint density at radius 2 is 1.43 bits per heavy atom. The van der Waals surface area contributed by atoms with Crippen LogP contribution in [0.3, 0.4) is 0 Å². The normalized spacial score (nSPS) is 10.7. The first-order chi connectivity index (χ1) is 13.7. The molecule has 1 aromatic rings. The molecule has 0 aromatic heterocycles. The second-order valence-corrected chi connectivity index (χ2v) is 5.88. The molecule has 0 aliphatic heterocycles. The molecule has 2 rings (SSSR count). The zero-order valence-corrected chi connectivity index (χ0v) is 19.1. The first-order valence-electron chi connectivity index (χ1n) is 11.1. The highest BCUT2D eigenvalue weighted by Gasteiger charge is 2.02. The molecule has 1 aromatic carbocycles. The van der Waals surface area contributed by atoms with Crippen LogP contribution in [-0.2, 0) is 4.79 Å². The van der Waals surface area contributed by atoms with Crippen molar-refractivity contribution in [2.75, 3.05) is 0 Å². The van der Waals surface area contributed by atoms with Gasteiger partial charge in [-0.2, -0.15) is 0 Å². The molecule has 1 aliphatic carbocycles. The first kappa shape index (κ1) is 28.3. The van der Waals surface area contributed by atoms with E-state index in [1.165, 1.54) is 21.6 Å². The van der Waals surface area contributed by atoms with Crippen LogP contribution in [0, 0.1) is 0 Å². The molecule has 0 fully saturated rings. The molecule has 0 radical (unpaired) electrons. The fourth-order valence-electron chi connectivity index (χ4n) is 2.81. The number of allylic oxidation sites excluding steroid dienone is 1. The minimum atomic E-state index is -0.300. The molecule has 0 spiro atoms. The molecular formula is C25H43NO2. The monoisotopic (exact) mass is 389 g/mol. The van der Waals surface area contributed by atoms with Gasteiger partial charge in [-0.3, -0.25) is 10.0 Å². The van der Waals surface area contributed by atoms with Crippen LogP contribution in [0.2, 0.25) is 0 Å². The molecule has 3 heteroatoms. The van der Waals surface area contributed by atoms with E-state index in [0.29, 0.717) is 6.42 Å². The summed E-state index contributed by atoms with van der Waals surface area (Å²) in [6.45, 7) is 16.2. The minimum absolute atomic E-state index is 0.300. The molecule has 0 unspecified atom stereocenters. The standard InChI is InChI=1S/C19H25NO2.3C2H6/c1-15(8-4-2-3-5-11-19(21)20-22)17-13-12-16-9-6-7-10-18(16)14-17;3*1-2/h9-10,12-14,22H,1-8,11H2,(H,20,21);3*1-2H3. The number of carbonyl (C=O) groups excluding carboxylic acids is 1. The van der Waals surface area contributed by atoms with E-state index in [4.69, 9.17) is 5.21 Å². The van der Waals surface area contributed by atoms with Gasteiger partial charge in [0.15, 0.2) is 0 Å². The number of hydrogen-bond acceptors (Lipinski definition) is 2. The third-order valence-electron chi connectivity index (χ3n) is 4.15. The van der Waals surface area contributed by atoms with Crippen LogP contribution in [0.15, 0.2) is 24.8 Å². The van der Waals surface area contributed by atoms with Gasteiger partial charge in [-0.15, -0.1) is 0 Å². The minimum Gasteiger partial charge on any atom is -0.289 e. The highest BCUT2D eigenvalue weighted by molar-refractivity contribution is 5.74. The quantitative estimate of drug-likeness (QED) is 0.326. The van der Waals surface area contributed by atoms with Crippen LogP contribution in [0.5, 0.6) is 0 Å². The topological polar surface area (TPSA) is 49.3 Å². The van der Waals surface area contributed by atoms with Gasteiger partial charge in [-0.25, -0.2) is 5.48 Å². The van der Waals surface area contributed by atoms with E-state index < -0.39 is 0 Å². The molecule has 0 saturated carbocycles. The van der Waals surface area contributed by atoms with Crippen molar-refractivity contribution in [3.8, 4) is 0 Å². The molecule has 3 nitrogen and oxygen atoms in total. The lowest BCUT2D eigenvalue weighted by Gasteiger charge is -2.08. The smallest absolute Gasteiger partial charge is 0.243 e. The average Bonchev–Trinajstić information content (AvgIpc) is 2.79. The van der Waals surface area contributed by atoms with Gasteiger partial charge in [0.25, 0.3) is 0 Å². The molecule has 28 heavy (non-hydrogen) atoms. The van der Waals surface area contributed by atoms with Gasteiger partial charge in [-0.1, -0.05) is 85.2 Å². The van der Waals surface area contributed by atoms with Crippen LogP contribution in [-0.4, -0.2) is 11.1 Å². The summed E-state index contributed by atoms with van der Waals surface area (Å²) in [4.78, 5) is 10.9. The van der Waals surface area contributed by atoms with Gasteiger partial charge in [0.2, 0.25) is 5.91 Å². The predicted molar refractivity (Wildman–Crippen MR) is 125 cm³/mol. The number of nitrogens with one attached hydrogen (secondary N) is 1. The summed E-state index contributed by atoms with van der Waals surface area (Å²) in [6, 6.07) is 6.61. The maximum Gasteiger partial charge on any atom is 0.243 e. The molecule has 0 saturated heterocycles. The van der Waals surface area contributed by atoms with Crippen LogP contribution in [0.4, 0.5) is 0 Å². The van der Waals surface area contributed by atoms with Gasteiger partial charge in [0.05, 0.1) is 0 Å². The molecule has 2 N–H and O–H groups in total. The number of carbonyl (C=O) groups is 1. The molecule has 0 atom stereocenters. The van der Waals surface area contributed by atoms with Crippen LogP contribution < -0.4 is 15.9 Å². The maximum atomic E-state index is 10.9. The zero-order valence-electron chi connectivity index (χ0n) is 19.1. The fourth-order valence-corrected chi connectivity index (χ4v) is 2.81. The SMILES string of the molecule is C=C(CCCCCCC(=O)NO)c1ccc2c(c1)=CCCC=2.CC.CC.CC. The van der Waals surface area contributed by atoms with Crippen molar-refractivity contribution in [1.29, 1.82) is 0 Å². The van der Waals surface area contributed by atoms with Gasteiger partial charge in [-0.05, 0) is 59.7 Å². The molecule has 160 valence electrons. The third-order valence-corrected chi connectivity index (χ3v) is 4.15. The Bertz CT molecular complexity index is 647. The Morgan fingerprint density at radius 1 is 0.893 bits per heavy atom. The largest absolute Gasteiger partial charge is 0.289 e. The Labute approximate surface area is 173 Å². The molecule has 1 aliphatic rings. The maximum absolute atomic E-state index is 10.9. The van der Waals surface area contributed by atoms with E-state index in [0.717, 1.165) is 44.9 Å². The molecule has 0 heterocycles. The van der Waals surface area contributed by atoms with Crippen molar-refractivity contribution in [3.05, 3.63) is 40.8 Å². The van der Waals surface area contributed by atoms with E-state index >= 15 is 0 Å². The van der Waals surface area contributed by atoms with Crippen molar-refractivity contribution >= 4 is 23.6 Å². The van der Waals surface area contributed by atoms with E-state index in [2.05, 4.69) is 36.9 Å². The third kappa shape index (κ3) is 11.8. The van der Waals surface area contributed by atoms with Gasteiger partial charge in [0, 0.05) is 6.42 Å². The van der Waals surface area contributed by atoms with Crippen molar-refractivity contribution in [2.45, 2.75) is 92.9 Å². The Hall–Kier alpha value is -1.87. The van der Waals surface area contributed by atoms with Crippen molar-refractivity contribution in [2.24, 2.45) is 0 Å². The number of hydrogen-bond donors (Lipinski definition) is 2. The number of unbranched alkanes of at least 4 members (excludes halogenated alkanes) is 3. The second-order valence-electron chi connectivity index (χ2n) is 5.88. The Balaban J connectivity index is 0. The van der Waals surface area contributed by atoms with Crippen LogP contribution in [0.25, 0.3) is 17.7 Å². The summed E-state index contributed by atoms with van der Waals surface area (Å²) in [6.07, 6.45) is 12.3. The zero-order chi connectivity index (χ0) is 21.8. The number of amides is 1. The molecule has 0 bridgehead atoms. The van der Waals surface area contributed by atoms with Crippen molar-refractivity contribution < 1.29 is 10.0 Å². The summed E-state index contributed by atoms with van der Waals surface area (Å²) in [5.74, 6) is -0.300. The fraction of sp³-hybridized carbons (Fsp3) is 0.560. The van der Waals surface area contributed by atoms with E-state index in [-0.39, 0.29) is 5.91 Å².